The Morgan fingerprint density at radius 1 is 1.37 bits per heavy atom. The van der Waals surface area contributed by atoms with Gasteiger partial charge in [0.2, 0.25) is 0 Å². The maximum absolute atomic E-state index is 3.73. The zero-order valence-corrected chi connectivity index (χ0v) is 14.4. The second-order valence-corrected chi connectivity index (χ2v) is 7.53. The molecule has 0 spiro atoms. The SMILES string of the molecule is CCNC1CC(C)(C)CCc2c(C)cc(Br)c(C)c21. The van der Waals surface area contributed by atoms with Gasteiger partial charge in [0.15, 0.2) is 0 Å². The molecule has 0 fully saturated rings. The Hall–Kier alpha value is -0.340. The summed E-state index contributed by atoms with van der Waals surface area (Å²) in [6.07, 6.45) is 3.72. The van der Waals surface area contributed by atoms with Crippen LogP contribution in [0.3, 0.4) is 0 Å². The molecule has 19 heavy (non-hydrogen) atoms. The molecular formula is C17H26BrN. The highest BCUT2D eigenvalue weighted by molar-refractivity contribution is 9.10. The molecule has 0 radical (unpaired) electrons. The lowest BCUT2D eigenvalue weighted by Crippen LogP contribution is -2.26. The number of hydrogen-bond acceptors (Lipinski definition) is 1. The molecule has 0 aromatic heterocycles. The quantitative estimate of drug-likeness (QED) is 0.748. The number of rotatable bonds is 2. The van der Waals surface area contributed by atoms with Gasteiger partial charge in [-0.1, -0.05) is 36.7 Å². The van der Waals surface area contributed by atoms with Crippen LogP contribution in [0, 0.1) is 19.3 Å². The maximum Gasteiger partial charge on any atom is 0.0331 e. The highest BCUT2D eigenvalue weighted by Gasteiger charge is 2.31. The third-order valence-electron chi connectivity index (χ3n) is 4.51. The molecule has 106 valence electrons. The third kappa shape index (κ3) is 3.05. The van der Waals surface area contributed by atoms with E-state index in [1.807, 2.05) is 0 Å². The number of hydrogen-bond donors (Lipinski definition) is 1. The van der Waals surface area contributed by atoms with E-state index in [2.05, 4.69) is 61.9 Å². The van der Waals surface area contributed by atoms with Crippen LogP contribution in [0.2, 0.25) is 0 Å². The monoisotopic (exact) mass is 323 g/mol. The molecule has 2 heteroatoms. The predicted octanol–water partition coefficient (Wildman–Crippen LogP) is 5.08. The molecule has 1 N–H and O–H groups in total. The van der Waals surface area contributed by atoms with Crippen molar-refractivity contribution in [2.75, 3.05) is 6.54 Å². The van der Waals surface area contributed by atoms with Gasteiger partial charge >= 0.3 is 0 Å². The van der Waals surface area contributed by atoms with E-state index in [9.17, 15) is 0 Å². The first-order chi connectivity index (χ1) is 8.85. The summed E-state index contributed by atoms with van der Waals surface area (Å²) in [5.74, 6) is 0. The Morgan fingerprint density at radius 2 is 2.05 bits per heavy atom. The fourth-order valence-electron chi connectivity index (χ4n) is 3.40. The normalized spacial score (nSPS) is 21.9. The van der Waals surface area contributed by atoms with E-state index in [1.165, 1.54) is 34.9 Å². The lowest BCUT2D eigenvalue weighted by Gasteiger charge is -2.28. The fraction of sp³-hybridized carbons (Fsp3) is 0.647. The Morgan fingerprint density at radius 3 is 2.68 bits per heavy atom. The second kappa shape index (κ2) is 5.57. The van der Waals surface area contributed by atoms with E-state index >= 15 is 0 Å². The van der Waals surface area contributed by atoms with Crippen LogP contribution in [0.1, 0.15) is 61.9 Å². The standard InChI is InChI=1S/C17H26BrN/c1-6-19-15-10-17(4,5)8-7-13-11(2)9-14(18)12(3)16(13)15/h9,15,19H,6-8,10H2,1-5H3. The number of nitrogens with one attached hydrogen (secondary N) is 1. The minimum Gasteiger partial charge on any atom is -0.310 e. The zero-order chi connectivity index (χ0) is 14.2. The van der Waals surface area contributed by atoms with Gasteiger partial charge in [0.1, 0.15) is 0 Å². The molecule has 1 aromatic carbocycles. The minimum absolute atomic E-state index is 0.414. The second-order valence-electron chi connectivity index (χ2n) is 6.67. The Balaban J connectivity index is 2.57. The summed E-state index contributed by atoms with van der Waals surface area (Å²) in [4.78, 5) is 0. The number of benzene rings is 1. The van der Waals surface area contributed by atoms with Gasteiger partial charge in [0, 0.05) is 10.5 Å². The Bertz CT molecular complexity index is 477. The van der Waals surface area contributed by atoms with Crippen LogP contribution in [0.5, 0.6) is 0 Å². The fourth-order valence-corrected chi connectivity index (χ4v) is 3.95. The summed E-state index contributed by atoms with van der Waals surface area (Å²) in [5.41, 5.74) is 6.41. The first-order valence-electron chi connectivity index (χ1n) is 7.37. The third-order valence-corrected chi connectivity index (χ3v) is 5.34. The van der Waals surface area contributed by atoms with Crippen LogP contribution in [-0.2, 0) is 6.42 Å². The molecule has 1 aliphatic carbocycles. The van der Waals surface area contributed by atoms with Crippen molar-refractivity contribution in [2.24, 2.45) is 5.41 Å². The summed E-state index contributed by atoms with van der Waals surface area (Å²) < 4.78 is 1.26. The number of halogens is 1. The van der Waals surface area contributed by atoms with Crippen molar-refractivity contribution in [3.8, 4) is 0 Å². The number of fused-ring (bicyclic) bond motifs is 1. The molecule has 0 heterocycles. The van der Waals surface area contributed by atoms with Crippen LogP contribution in [0.15, 0.2) is 10.5 Å². The van der Waals surface area contributed by atoms with E-state index < -0.39 is 0 Å². The van der Waals surface area contributed by atoms with E-state index in [0.29, 0.717) is 11.5 Å². The lowest BCUT2D eigenvalue weighted by atomic mass is 9.82. The van der Waals surface area contributed by atoms with Gasteiger partial charge in [-0.25, -0.2) is 0 Å². The van der Waals surface area contributed by atoms with Crippen molar-refractivity contribution in [2.45, 2.75) is 59.9 Å². The lowest BCUT2D eigenvalue weighted by molar-refractivity contribution is 0.275. The van der Waals surface area contributed by atoms with Gasteiger partial charge in [-0.05, 0) is 73.4 Å². The van der Waals surface area contributed by atoms with Crippen molar-refractivity contribution >= 4 is 15.9 Å². The molecule has 1 nitrogen and oxygen atoms in total. The van der Waals surface area contributed by atoms with Gasteiger partial charge < -0.3 is 5.32 Å². The molecule has 0 aliphatic heterocycles. The van der Waals surface area contributed by atoms with Crippen molar-refractivity contribution in [3.05, 3.63) is 32.8 Å². The molecule has 0 saturated heterocycles. The van der Waals surface area contributed by atoms with E-state index in [1.54, 1.807) is 11.1 Å². The van der Waals surface area contributed by atoms with Crippen LogP contribution in [-0.4, -0.2) is 6.54 Å². The molecule has 0 saturated carbocycles. The first kappa shape index (κ1) is 15.1. The largest absolute Gasteiger partial charge is 0.310 e. The van der Waals surface area contributed by atoms with Crippen LogP contribution in [0.4, 0.5) is 0 Å². The van der Waals surface area contributed by atoms with Gasteiger partial charge in [-0.15, -0.1) is 0 Å². The highest BCUT2D eigenvalue weighted by Crippen LogP contribution is 2.43. The average Bonchev–Trinajstić information content (AvgIpc) is 2.43. The van der Waals surface area contributed by atoms with Gasteiger partial charge in [-0.2, -0.15) is 0 Å². The van der Waals surface area contributed by atoms with Gasteiger partial charge in [0.25, 0.3) is 0 Å². The molecule has 1 atom stereocenters. The van der Waals surface area contributed by atoms with Crippen LogP contribution in [0.25, 0.3) is 0 Å². The smallest absolute Gasteiger partial charge is 0.0331 e. The summed E-state index contributed by atoms with van der Waals surface area (Å²) in [6.45, 7) is 12.6. The van der Waals surface area contributed by atoms with Gasteiger partial charge in [-0.3, -0.25) is 0 Å². The molecule has 0 amide bonds. The van der Waals surface area contributed by atoms with E-state index in [-0.39, 0.29) is 0 Å². The Labute approximate surface area is 126 Å². The molecular weight excluding hydrogens is 298 g/mol. The van der Waals surface area contributed by atoms with E-state index in [0.717, 1.165) is 6.54 Å². The molecule has 1 aromatic rings. The molecule has 2 rings (SSSR count). The van der Waals surface area contributed by atoms with Crippen LogP contribution < -0.4 is 5.32 Å². The maximum atomic E-state index is 3.73. The van der Waals surface area contributed by atoms with Gasteiger partial charge in [0.05, 0.1) is 0 Å². The predicted molar refractivity (Wildman–Crippen MR) is 86.8 cm³/mol. The van der Waals surface area contributed by atoms with Crippen molar-refractivity contribution in [3.63, 3.8) is 0 Å². The summed E-state index contributed by atoms with van der Waals surface area (Å²) in [5, 5.41) is 3.71. The summed E-state index contributed by atoms with van der Waals surface area (Å²) >= 11 is 3.73. The molecule has 0 bridgehead atoms. The van der Waals surface area contributed by atoms with Crippen molar-refractivity contribution < 1.29 is 0 Å². The van der Waals surface area contributed by atoms with Crippen molar-refractivity contribution in [1.82, 2.24) is 5.32 Å². The zero-order valence-electron chi connectivity index (χ0n) is 12.9. The minimum atomic E-state index is 0.414. The summed E-state index contributed by atoms with van der Waals surface area (Å²) in [6, 6.07) is 2.78. The average molecular weight is 324 g/mol. The molecule has 1 aliphatic rings. The van der Waals surface area contributed by atoms with Crippen molar-refractivity contribution in [1.29, 1.82) is 0 Å². The van der Waals surface area contributed by atoms with E-state index in [4.69, 9.17) is 0 Å². The number of aryl methyl sites for hydroxylation is 1. The highest BCUT2D eigenvalue weighted by atomic mass is 79.9. The topological polar surface area (TPSA) is 12.0 Å². The Kier molecular flexibility index (Phi) is 4.42. The van der Waals surface area contributed by atoms with Crippen LogP contribution >= 0.6 is 15.9 Å². The molecule has 1 unspecified atom stereocenters. The first-order valence-corrected chi connectivity index (χ1v) is 8.17. The summed E-state index contributed by atoms with van der Waals surface area (Å²) in [7, 11) is 0.